The number of amides is 1. The number of benzene rings is 1. The lowest BCUT2D eigenvalue weighted by molar-refractivity contribution is -0.124. The molecule has 6 heteroatoms. The van der Waals surface area contributed by atoms with E-state index >= 15 is 0 Å². The third kappa shape index (κ3) is 4.00. The number of hydrogen-bond acceptors (Lipinski definition) is 5. The number of anilines is 1. The number of para-hydroxylation sites is 1. The Morgan fingerprint density at radius 1 is 1.29 bits per heavy atom. The van der Waals surface area contributed by atoms with Gasteiger partial charge in [0.2, 0.25) is 11.9 Å². The van der Waals surface area contributed by atoms with Gasteiger partial charge >= 0.3 is 0 Å². The Morgan fingerprint density at radius 3 is 2.88 bits per heavy atom. The largest absolute Gasteiger partial charge is 0.323 e. The number of rotatable bonds is 5. The lowest BCUT2D eigenvalue weighted by Gasteiger charge is -2.32. The van der Waals surface area contributed by atoms with E-state index in [0.717, 1.165) is 29.4 Å². The maximum atomic E-state index is 12.0. The molecular weight excluding hydrogens is 302 g/mol. The second-order valence-corrected chi connectivity index (χ2v) is 6.83. The van der Waals surface area contributed by atoms with Crippen LogP contribution in [0.4, 0.5) is 5.95 Å². The van der Waals surface area contributed by atoms with Crippen molar-refractivity contribution in [2.45, 2.75) is 52.4 Å². The SMILES string of the molecule is Cc1nc(NC2NC(=O)CC(CCC(C)C)N2)nc2ccccc12. The summed E-state index contributed by atoms with van der Waals surface area (Å²) in [6.07, 6.45) is 2.26. The summed E-state index contributed by atoms with van der Waals surface area (Å²) < 4.78 is 0. The molecular formula is C18H25N5O. The van der Waals surface area contributed by atoms with Gasteiger partial charge in [0.05, 0.1) is 11.2 Å². The Labute approximate surface area is 142 Å². The third-order valence-electron chi connectivity index (χ3n) is 4.30. The van der Waals surface area contributed by atoms with E-state index < -0.39 is 0 Å². The summed E-state index contributed by atoms with van der Waals surface area (Å²) in [5.41, 5.74) is 1.81. The van der Waals surface area contributed by atoms with Gasteiger partial charge in [-0.3, -0.25) is 10.1 Å². The molecule has 2 unspecified atom stereocenters. The van der Waals surface area contributed by atoms with Crippen molar-refractivity contribution >= 4 is 22.8 Å². The summed E-state index contributed by atoms with van der Waals surface area (Å²) in [5, 5.41) is 10.6. The minimum atomic E-state index is -0.344. The molecule has 1 saturated heterocycles. The fourth-order valence-corrected chi connectivity index (χ4v) is 3.01. The first-order valence-corrected chi connectivity index (χ1v) is 8.56. The highest BCUT2D eigenvalue weighted by atomic mass is 16.2. The van der Waals surface area contributed by atoms with E-state index in [1.807, 2.05) is 31.2 Å². The molecule has 0 aliphatic carbocycles. The van der Waals surface area contributed by atoms with Crippen molar-refractivity contribution in [2.24, 2.45) is 5.92 Å². The maximum absolute atomic E-state index is 12.0. The molecule has 3 rings (SSSR count). The van der Waals surface area contributed by atoms with Gasteiger partial charge in [0, 0.05) is 17.8 Å². The summed E-state index contributed by atoms with van der Waals surface area (Å²) in [4.78, 5) is 21.0. The highest BCUT2D eigenvalue weighted by Crippen LogP contribution is 2.17. The Morgan fingerprint density at radius 2 is 2.08 bits per heavy atom. The zero-order chi connectivity index (χ0) is 17.1. The van der Waals surface area contributed by atoms with Gasteiger partial charge in [0.1, 0.15) is 0 Å². The van der Waals surface area contributed by atoms with Crippen LogP contribution in [0.2, 0.25) is 0 Å². The fraction of sp³-hybridized carbons (Fsp3) is 0.500. The van der Waals surface area contributed by atoms with E-state index in [1.54, 1.807) is 0 Å². The van der Waals surface area contributed by atoms with Crippen molar-refractivity contribution in [3.63, 3.8) is 0 Å². The summed E-state index contributed by atoms with van der Waals surface area (Å²) in [7, 11) is 0. The number of fused-ring (bicyclic) bond motifs is 1. The zero-order valence-electron chi connectivity index (χ0n) is 14.5. The van der Waals surface area contributed by atoms with Crippen molar-refractivity contribution in [1.29, 1.82) is 0 Å². The molecule has 128 valence electrons. The van der Waals surface area contributed by atoms with Crippen LogP contribution in [0.3, 0.4) is 0 Å². The second kappa shape index (κ2) is 7.13. The first-order chi connectivity index (χ1) is 11.5. The maximum Gasteiger partial charge on any atom is 0.226 e. The molecule has 2 heterocycles. The third-order valence-corrected chi connectivity index (χ3v) is 4.30. The van der Waals surface area contributed by atoms with Crippen molar-refractivity contribution in [3.8, 4) is 0 Å². The molecule has 3 N–H and O–H groups in total. The van der Waals surface area contributed by atoms with E-state index in [4.69, 9.17) is 0 Å². The lowest BCUT2D eigenvalue weighted by Crippen LogP contribution is -2.60. The van der Waals surface area contributed by atoms with Crippen LogP contribution in [0.1, 0.15) is 38.8 Å². The van der Waals surface area contributed by atoms with Gasteiger partial charge in [-0.1, -0.05) is 32.0 Å². The molecule has 1 aromatic carbocycles. The standard InChI is InChI=1S/C18H25N5O/c1-11(2)8-9-13-10-16(24)22-18(20-13)23-17-19-12(3)14-6-4-5-7-15(14)21-17/h4-7,11,13,18,20H,8-10H2,1-3H3,(H,22,24)(H,19,21,23). The van der Waals surface area contributed by atoms with Crippen LogP contribution in [0.15, 0.2) is 24.3 Å². The Bertz CT molecular complexity index is 730. The zero-order valence-corrected chi connectivity index (χ0v) is 14.5. The van der Waals surface area contributed by atoms with E-state index in [1.165, 1.54) is 0 Å². The van der Waals surface area contributed by atoms with E-state index in [9.17, 15) is 4.79 Å². The molecule has 0 radical (unpaired) electrons. The lowest BCUT2D eigenvalue weighted by atomic mass is 10.00. The highest BCUT2D eigenvalue weighted by molar-refractivity contribution is 5.82. The molecule has 1 aromatic heterocycles. The first kappa shape index (κ1) is 16.6. The first-order valence-electron chi connectivity index (χ1n) is 8.56. The number of hydrogen-bond donors (Lipinski definition) is 3. The van der Waals surface area contributed by atoms with Crippen LogP contribution in [-0.2, 0) is 4.79 Å². The molecule has 6 nitrogen and oxygen atoms in total. The molecule has 1 aliphatic heterocycles. The van der Waals surface area contributed by atoms with Gasteiger partial charge in [-0.05, 0) is 31.7 Å². The molecule has 1 fully saturated rings. The molecule has 0 bridgehead atoms. The summed E-state index contributed by atoms with van der Waals surface area (Å²) >= 11 is 0. The van der Waals surface area contributed by atoms with Gasteiger partial charge in [-0.25, -0.2) is 9.97 Å². The summed E-state index contributed by atoms with van der Waals surface area (Å²) in [6, 6.07) is 8.10. The van der Waals surface area contributed by atoms with Crippen molar-refractivity contribution in [1.82, 2.24) is 20.6 Å². The Balaban J connectivity index is 1.71. The molecule has 2 aromatic rings. The van der Waals surface area contributed by atoms with Gasteiger partial charge in [-0.2, -0.15) is 0 Å². The monoisotopic (exact) mass is 327 g/mol. The van der Waals surface area contributed by atoms with Crippen molar-refractivity contribution in [3.05, 3.63) is 30.0 Å². The molecule has 1 amide bonds. The minimum absolute atomic E-state index is 0.0533. The van der Waals surface area contributed by atoms with Crippen LogP contribution in [0.25, 0.3) is 10.9 Å². The second-order valence-electron chi connectivity index (χ2n) is 6.83. The predicted molar refractivity (Wildman–Crippen MR) is 95.4 cm³/mol. The quantitative estimate of drug-likeness (QED) is 0.786. The fourth-order valence-electron chi connectivity index (χ4n) is 3.01. The van der Waals surface area contributed by atoms with Crippen LogP contribution in [-0.4, -0.2) is 28.2 Å². The number of nitrogens with one attached hydrogen (secondary N) is 3. The smallest absolute Gasteiger partial charge is 0.226 e. The normalized spacial score (nSPS) is 21.1. The summed E-state index contributed by atoms with van der Waals surface area (Å²) in [6.45, 7) is 6.36. The van der Waals surface area contributed by atoms with Crippen LogP contribution >= 0.6 is 0 Å². The predicted octanol–water partition coefficient (Wildman–Crippen LogP) is 2.55. The summed E-state index contributed by atoms with van der Waals surface area (Å²) in [5.74, 6) is 1.21. The van der Waals surface area contributed by atoms with Crippen molar-refractivity contribution < 1.29 is 4.79 Å². The minimum Gasteiger partial charge on any atom is -0.323 e. The van der Waals surface area contributed by atoms with Crippen LogP contribution < -0.4 is 16.0 Å². The molecule has 2 atom stereocenters. The van der Waals surface area contributed by atoms with Crippen molar-refractivity contribution in [2.75, 3.05) is 5.32 Å². The average Bonchev–Trinajstić information content (AvgIpc) is 2.52. The molecule has 0 saturated carbocycles. The number of aromatic nitrogens is 2. The molecule has 1 aliphatic rings. The molecule has 24 heavy (non-hydrogen) atoms. The topological polar surface area (TPSA) is 78.9 Å². The van der Waals surface area contributed by atoms with Gasteiger partial charge in [-0.15, -0.1) is 0 Å². The van der Waals surface area contributed by atoms with Gasteiger partial charge in [0.15, 0.2) is 6.29 Å². The number of carbonyl (C=O) groups is 1. The highest BCUT2D eigenvalue weighted by Gasteiger charge is 2.26. The van der Waals surface area contributed by atoms with Gasteiger partial charge in [0.25, 0.3) is 0 Å². The van der Waals surface area contributed by atoms with E-state index in [2.05, 4.69) is 39.8 Å². The van der Waals surface area contributed by atoms with E-state index in [-0.39, 0.29) is 18.2 Å². The van der Waals surface area contributed by atoms with E-state index in [0.29, 0.717) is 18.3 Å². The number of nitrogens with zero attached hydrogens (tertiary/aromatic N) is 2. The number of carbonyl (C=O) groups excluding carboxylic acids is 1. The average molecular weight is 327 g/mol. The Kier molecular flexibility index (Phi) is 4.94. The Hall–Kier alpha value is -2.21. The molecule has 0 spiro atoms. The van der Waals surface area contributed by atoms with Gasteiger partial charge < -0.3 is 10.6 Å². The number of aryl methyl sites for hydroxylation is 1. The van der Waals surface area contributed by atoms with Crippen LogP contribution in [0, 0.1) is 12.8 Å². The van der Waals surface area contributed by atoms with Crippen LogP contribution in [0.5, 0.6) is 0 Å².